The molecule has 0 radical (unpaired) electrons. The molecule has 0 aromatic carbocycles. The smallest absolute Gasteiger partial charge is 0.0976 e. The number of halogens is 1. The summed E-state index contributed by atoms with van der Waals surface area (Å²) < 4.78 is 12.5. The van der Waals surface area contributed by atoms with Gasteiger partial charge in [0, 0.05) is 0 Å². The topological polar surface area (TPSA) is 12.0 Å². The molecule has 1 atom stereocenters. The van der Waals surface area contributed by atoms with Gasteiger partial charge < -0.3 is 5.32 Å². The largest absolute Gasteiger partial charge is 0.317 e. The Hall–Kier alpha value is -0.110. The molecule has 0 aliphatic carbocycles. The molecule has 1 fully saturated rings. The summed E-state index contributed by atoms with van der Waals surface area (Å²) in [6.07, 6.45) is 2.48. The summed E-state index contributed by atoms with van der Waals surface area (Å²) in [7, 11) is 0. The van der Waals surface area contributed by atoms with E-state index in [0.717, 1.165) is 32.4 Å². The molecule has 0 aromatic rings. The van der Waals surface area contributed by atoms with Crippen molar-refractivity contribution in [2.75, 3.05) is 13.1 Å². The van der Waals surface area contributed by atoms with Crippen molar-refractivity contribution in [3.05, 3.63) is 0 Å². The molecule has 0 aromatic heterocycles. The second-order valence-corrected chi connectivity index (χ2v) is 3.21. The molecule has 0 bridgehead atoms. The second-order valence-electron chi connectivity index (χ2n) is 3.21. The van der Waals surface area contributed by atoms with Crippen molar-refractivity contribution in [3.63, 3.8) is 0 Å². The Labute approximate surface area is 62.0 Å². The predicted molar refractivity (Wildman–Crippen MR) is 40.8 cm³/mol. The third-order valence-electron chi connectivity index (χ3n) is 2.12. The maximum atomic E-state index is 12.5. The van der Waals surface area contributed by atoms with Gasteiger partial charge in [-0.15, -0.1) is 0 Å². The van der Waals surface area contributed by atoms with E-state index >= 15 is 0 Å². The molecule has 1 aliphatic heterocycles. The molecule has 1 nitrogen and oxygen atoms in total. The van der Waals surface area contributed by atoms with Crippen LogP contribution in [0.3, 0.4) is 0 Å². The first-order chi connectivity index (χ1) is 4.79. The number of rotatable bonds is 2. The fraction of sp³-hybridized carbons (Fsp3) is 1.00. The van der Waals surface area contributed by atoms with Crippen molar-refractivity contribution < 1.29 is 4.39 Å². The van der Waals surface area contributed by atoms with Crippen LogP contribution in [0.25, 0.3) is 0 Å². The lowest BCUT2D eigenvalue weighted by molar-refractivity contribution is 0.252. The first-order valence-corrected chi connectivity index (χ1v) is 4.14. The van der Waals surface area contributed by atoms with Gasteiger partial charge in [-0.05, 0) is 45.2 Å². The minimum atomic E-state index is -0.608. The maximum Gasteiger partial charge on any atom is 0.0976 e. The standard InChI is InChI=1S/C8H16FN/c1-7(9)6-8-2-4-10-5-3-8/h7-8,10H,2-6H2,1H3. The van der Waals surface area contributed by atoms with Crippen LogP contribution in [0.2, 0.25) is 0 Å². The van der Waals surface area contributed by atoms with E-state index in [1.807, 2.05) is 0 Å². The number of hydrogen-bond acceptors (Lipinski definition) is 1. The van der Waals surface area contributed by atoms with Gasteiger partial charge in [-0.25, -0.2) is 4.39 Å². The van der Waals surface area contributed by atoms with Gasteiger partial charge in [0.1, 0.15) is 0 Å². The summed E-state index contributed by atoms with van der Waals surface area (Å²) in [5.41, 5.74) is 0. The van der Waals surface area contributed by atoms with Crippen LogP contribution in [0.15, 0.2) is 0 Å². The Bertz CT molecular complexity index is 87.3. The van der Waals surface area contributed by atoms with Crippen LogP contribution in [0, 0.1) is 5.92 Å². The van der Waals surface area contributed by atoms with Gasteiger partial charge in [0.05, 0.1) is 6.17 Å². The number of alkyl halides is 1. The molecule has 60 valence electrons. The highest BCUT2D eigenvalue weighted by Gasteiger charge is 2.14. The molecule has 1 rings (SSSR count). The lowest BCUT2D eigenvalue weighted by Crippen LogP contribution is -2.28. The van der Waals surface area contributed by atoms with Crippen molar-refractivity contribution in [2.24, 2.45) is 5.92 Å². The third-order valence-corrected chi connectivity index (χ3v) is 2.12. The van der Waals surface area contributed by atoms with Crippen LogP contribution in [0.1, 0.15) is 26.2 Å². The van der Waals surface area contributed by atoms with E-state index in [1.165, 1.54) is 0 Å². The van der Waals surface area contributed by atoms with Gasteiger partial charge in [0.15, 0.2) is 0 Å². The molecule has 0 saturated carbocycles. The fourth-order valence-electron chi connectivity index (χ4n) is 1.58. The molecule has 1 unspecified atom stereocenters. The van der Waals surface area contributed by atoms with E-state index in [1.54, 1.807) is 6.92 Å². The lowest BCUT2D eigenvalue weighted by atomic mass is 9.93. The zero-order valence-electron chi connectivity index (χ0n) is 6.57. The molecular weight excluding hydrogens is 129 g/mol. The number of hydrogen-bond donors (Lipinski definition) is 1. The second kappa shape index (κ2) is 3.91. The molecule has 1 heterocycles. The van der Waals surface area contributed by atoms with Gasteiger partial charge in [0.25, 0.3) is 0 Å². The summed E-state index contributed by atoms with van der Waals surface area (Å²) in [5, 5.41) is 3.27. The Kier molecular flexibility index (Phi) is 3.13. The summed E-state index contributed by atoms with van der Waals surface area (Å²) >= 11 is 0. The van der Waals surface area contributed by atoms with Gasteiger partial charge >= 0.3 is 0 Å². The van der Waals surface area contributed by atoms with E-state index in [0.29, 0.717) is 5.92 Å². The van der Waals surface area contributed by atoms with Crippen molar-refractivity contribution in [1.29, 1.82) is 0 Å². The average Bonchev–Trinajstić information content (AvgIpc) is 1.88. The summed E-state index contributed by atoms with van der Waals surface area (Å²) in [4.78, 5) is 0. The first kappa shape index (κ1) is 7.99. The third kappa shape index (κ3) is 2.65. The van der Waals surface area contributed by atoms with E-state index in [4.69, 9.17) is 0 Å². The monoisotopic (exact) mass is 145 g/mol. The minimum absolute atomic E-state index is 0.608. The zero-order chi connectivity index (χ0) is 7.40. The molecule has 0 spiro atoms. The van der Waals surface area contributed by atoms with Crippen LogP contribution in [0.5, 0.6) is 0 Å². The van der Waals surface area contributed by atoms with Gasteiger partial charge in [-0.2, -0.15) is 0 Å². The van der Waals surface area contributed by atoms with Crippen LogP contribution in [0.4, 0.5) is 4.39 Å². The molecular formula is C8H16FN. The van der Waals surface area contributed by atoms with Gasteiger partial charge in [-0.3, -0.25) is 0 Å². The minimum Gasteiger partial charge on any atom is -0.317 e. The Morgan fingerprint density at radius 1 is 1.50 bits per heavy atom. The molecule has 1 aliphatic rings. The normalized spacial score (nSPS) is 24.6. The summed E-state index contributed by atoms with van der Waals surface area (Å²) in [6.45, 7) is 3.82. The highest BCUT2D eigenvalue weighted by molar-refractivity contribution is 4.70. The van der Waals surface area contributed by atoms with E-state index < -0.39 is 6.17 Å². The van der Waals surface area contributed by atoms with Crippen LogP contribution in [-0.2, 0) is 0 Å². The Balaban J connectivity index is 2.13. The molecule has 0 amide bonds. The SMILES string of the molecule is CC(F)CC1CCNCC1. The van der Waals surface area contributed by atoms with Crippen molar-refractivity contribution in [1.82, 2.24) is 5.32 Å². The first-order valence-electron chi connectivity index (χ1n) is 4.14. The van der Waals surface area contributed by atoms with Gasteiger partial charge in [0.2, 0.25) is 0 Å². The summed E-state index contributed by atoms with van der Waals surface area (Å²) in [6, 6.07) is 0. The summed E-state index contributed by atoms with van der Waals surface area (Å²) in [5.74, 6) is 0.640. The number of nitrogens with one attached hydrogen (secondary N) is 1. The van der Waals surface area contributed by atoms with E-state index in [9.17, 15) is 4.39 Å². The van der Waals surface area contributed by atoms with Crippen molar-refractivity contribution in [2.45, 2.75) is 32.4 Å². The fourth-order valence-corrected chi connectivity index (χ4v) is 1.58. The quantitative estimate of drug-likeness (QED) is 0.624. The predicted octanol–water partition coefficient (Wildman–Crippen LogP) is 1.73. The Morgan fingerprint density at radius 2 is 2.10 bits per heavy atom. The number of piperidine rings is 1. The van der Waals surface area contributed by atoms with Crippen LogP contribution >= 0.6 is 0 Å². The molecule has 1 N–H and O–H groups in total. The zero-order valence-corrected chi connectivity index (χ0v) is 6.57. The Morgan fingerprint density at radius 3 is 2.60 bits per heavy atom. The van der Waals surface area contributed by atoms with Crippen LogP contribution < -0.4 is 5.32 Å². The maximum absolute atomic E-state index is 12.5. The van der Waals surface area contributed by atoms with Crippen molar-refractivity contribution in [3.8, 4) is 0 Å². The van der Waals surface area contributed by atoms with Crippen molar-refractivity contribution >= 4 is 0 Å². The molecule has 2 heteroatoms. The average molecular weight is 145 g/mol. The van der Waals surface area contributed by atoms with Crippen LogP contribution in [-0.4, -0.2) is 19.3 Å². The highest BCUT2D eigenvalue weighted by atomic mass is 19.1. The lowest BCUT2D eigenvalue weighted by Gasteiger charge is -2.22. The van der Waals surface area contributed by atoms with E-state index in [2.05, 4.69) is 5.32 Å². The molecule has 1 saturated heterocycles. The van der Waals surface area contributed by atoms with Gasteiger partial charge in [-0.1, -0.05) is 0 Å². The molecule has 10 heavy (non-hydrogen) atoms. The van der Waals surface area contributed by atoms with E-state index in [-0.39, 0.29) is 0 Å². The highest BCUT2D eigenvalue weighted by Crippen LogP contribution is 2.18.